The Hall–Kier alpha value is -1.03. The van der Waals surface area contributed by atoms with Gasteiger partial charge in [-0.3, -0.25) is 0 Å². The van der Waals surface area contributed by atoms with Crippen molar-refractivity contribution in [1.29, 1.82) is 0 Å². The molecule has 0 saturated carbocycles. The van der Waals surface area contributed by atoms with Crippen molar-refractivity contribution in [2.45, 2.75) is 6.43 Å². The van der Waals surface area contributed by atoms with Crippen LogP contribution in [-0.4, -0.2) is 7.11 Å². The summed E-state index contributed by atoms with van der Waals surface area (Å²) in [6, 6.07) is 7.27. The predicted molar refractivity (Wildman–Crippen MR) is 78.4 cm³/mol. The van der Waals surface area contributed by atoms with Gasteiger partial charge in [-0.1, -0.05) is 46.9 Å². The number of rotatable bonds is 3. The van der Waals surface area contributed by atoms with Gasteiger partial charge in [-0.05, 0) is 18.2 Å². The molecule has 0 amide bonds. The molecule has 0 fully saturated rings. The lowest BCUT2D eigenvalue weighted by molar-refractivity contribution is 0.151. The third-order valence-electron chi connectivity index (χ3n) is 2.79. The maximum Gasteiger partial charge on any atom is 0.264 e. The number of methoxy groups -OCH3 is 1. The first-order valence-electron chi connectivity index (χ1n) is 5.55. The SMILES string of the molecule is COc1cccc(C(F)F)c1-c1cc(Cl)c(Cl)cc1Cl. The molecular formula is C14H9Cl3F2O. The summed E-state index contributed by atoms with van der Waals surface area (Å²) >= 11 is 17.9. The van der Waals surface area contributed by atoms with E-state index in [1.807, 2.05) is 0 Å². The van der Waals surface area contributed by atoms with Crippen LogP contribution in [0.3, 0.4) is 0 Å². The topological polar surface area (TPSA) is 9.23 Å². The fraction of sp³-hybridized carbons (Fsp3) is 0.143. The molecule has 0 atom stereocenters. The van der Waals surface area contributed by atoms with Gasteiger partial charge in [-0.2, -0.15) is 0 Å². The van der Waals surface area contributed by atoms with Crippen molar-refractivity contribution in [3.8, 4) is 16.9 Å². The maximum atomic E-state index is 13.2. The molecule has 0 aliphatic heterocycles. The van der Waals surface area contributed by atoms with E-state index in [4.69, 9.17) is 39.5 Å². The Morgan fingerprint density at radius 2 is 1.65 bits per heavy atom. The van der Waals surface area contributed by atoms with E-state index in [0.717, 1.165) is 0 Å². The molecule has 2 aromatic rings. The van der Waals surface area contributed by atoms with Gasteiger partial charge in [0, 0.05) is 16.7 Å². The van der Waals surface area contributed by atoms with Crippen molar-refractivity contribution in [2.24, 2.45) is 0 Å². The fourth-order valence-electron chi connectivity index (χ4n) is 1.90. The summed E-state index contributed by atoms with van der Waals surface area (Å²) in [5.74, 6) is 0.295. The average molecular weight is 338 g/mol. The van der Waals surface area contributed by atoms with E-state index in [9.17, 15) is 8.78 Å². The quantitative estimate of drug-likeness (QED) is 0.601. The molecule has 0 spiro atoms. The van der Waals surface area contributed by atoms with Crippen LogP contribution in [0.2, 0.25) is 15.1 Å². The highest BCUT2D eigenvalue weighted by atomic mass is 35.5. The number of hydrogen-bond donors (Lipinski definition) is 0. The summed E-state index contributed by atoms with van der Waals surface area (Å²) in [5.41, 5.74) is 0.395. The minimum absolute atomic E-state index is 0.176. The zero-order chi connectivity index (χ0) is 14.9. The molecule has 0 aliphatic rings. The Morgan fingerprint density at radius 3 is 2.25 bits per heavy atom. The lowest BCUT2D eigenvalue weighted by Crippen LogP contribution is -1.96. The Balaban J connectivity index is 2.77. The van der Waals surface area contributed by atoms with E-state index in [2.05, 4.69) is 0 Å². The van der Waals surface area contributed by atoms with Gasteiger partial charge in [-0.25, -0.2) is 8.78 Å². The summed E-state index contributed by atoms with van der Waals surface area (Å²) in [6.07, 6.45) is -2.66. The largest absolute Gasteiger partial charge is 0.496 e. The average Bonchev–Trinajstić information content (AvgIpc) is 2.42. The van der Waals surface area contributed by atoms with Gasteiger partial charge in [0.2, 0.25) is 0 Å². The molecule has 0 aromatic heterocycles. The Kier molecular flexibility index (Phi) is 4.74. The predicted octanol–water partition coefficient (Wildman–Crippen LogP) is 6.26. The van der Waals surface area contributed by atoms with E-state index in [1.165, 1.54) is 31.4 Å². The summed E-state index contributed by atoms with van der Waals surface area (Å²) in [4.78, 5) is 0. The lowest BCUT2D eigenvalue weighted by atomic mass is 9.98. The van der Waals surface area contributed by atoms with Gasteiger partial charge < -0.3 is 4.74 Å². The second-order valence-electron chi connectivity index (χ2n) is 3.97. The maximum absolute atomic E-state index is 13.2. The van der Waals surface area contributed by atoms with E-state index < -0.39 is 6.43 Å². The van der Waals surface area contributed by atoms with E-state index >= 15 is 0 Å². The van der Waals surface area contributed by atoms with Crippen molar-refractivity contribution in [1.82, 2.24) is 0 Å². The van der Waals surface area contributed by atoms with Crippen LogP contribution in [0.25, 0.3) is 11.1 Å². The molecule has 0 N–H and O–H groups in total. The van der Waals surface area contributed by atoms with E-state index in [1.54, 1.807) is 6.07 Å². The van der Waals surface area contributed by atoms with Crippen LogP contribution >= 0.6 is 34.8 Å². The zero-order valence-electron chi connectivity index (χ0n) is 10.3. The van der Waals surface area contributed by atoms with E-state index in [-0.39, 0.29) is 26.2 Å². The molecule has 20 heavy (non-hydrogen) atoms. The first-order chi connectivity index (χ1) is 9.45. The summed E-state index contributed by atoms with van der Waals surface area (Å²) in [5, 5.41) is 0.719. The van der Waals surface area contributed by atoms with Crippen LogP contribution in [-0.2, 0) is 0 Å². The molecule has 1 nitrogen and oxygen atoms in total. The first kappa shape index (κ1) is 15.4. The summed E-state index contributed by atoms with van der Waals surface area (Å²) in [7, 11) is 1.40. The molecule has 0 radical (unpaired) electrons. The van der Waals surface area contributed by atoms with Gasteiger partial charge >= 0.3 is 0 Å². The third kappa shape index (κ3) is 2.85. The molecule has 0 heterocycles. The molecule has 2 rings (SSSR count). The van der Waals surface area contributed by atoms with Crippen LogP contribution in [0.4, 0.5) is 8.78 Å². The Bertz CT molecular complexity index is 645. The van der Waals surface area contributed by atoms with Gasteiger partial charge in [-0.15, -0.1) is 0 Å². The number of benzene rings is 2. The molecule has 0 saturated heterocycles. The van der Waals surface area contributed by atoms with Gasteiger partial charge in [0.1, 0.15) is 5.75 Å². The molecule has 6 heteroatoms. The number of alkyl halides is 2. The van der Waals surface area contributed by atoms with Crippen LogP contribution in [0.1, 0.15) is 12.0 Å². The second kappa shape index (κ2) is 6.17. The van der Waals surface area contributed by atoms with E-state index in [0.29, 0.717) is 11.3 Å². The number of halogens is 5. The van der Waals surface area contributed by atoms with Crippen LogP contribution in [0.5, 0.6) is 5.75 Å². The van der Waals surface area contributed by atoms with Gasteiger partial charge in [0.25, 0.3) is 6.43 Å². The minimum atomic E-state index is -2.66. The van der Waals surface area contributed by atoms with Crippen molar-refractivity contribution in [3.05, 3.63) is 51.0 Å². The highest BCUT2D eigenvalue weighted by molar-refractivity contribution is 6.44. The zero-order valence-corrected chi connectivity index (χ0v) is 12.5. The lowest BCUT2D eigenvalue weighted by Gasteiger charge is -2.15. The number of hydrogen-bond acceptors (Lipinski definition) is 1. The monoisotopic (exact) mass is 336 g/mol. The first-order valence-corrected chi connectivity index (χ1v) is 6.69. The van der Waals surface area contributed by atoms with Gasteiger partial charge in [0.05, 0.1) is 22.2 Å². The normalized spacial score (nSPS) is 10.9. The Labute approximate surface area is 130 Å². The number of ether oxygens (including phenoxy) is 1. The van der Waals surface area contributed by atoms with Crippen molar-refractivity contribution in [2.75, 3.05) is 7.11 Å². The van der Waals surface area contributed by atoms with Crippen molar-refractivity contribution < 1.29 is 13.5 Å². The molecule has 106 valence electrons. The second-order valence-corrected chi connectivity index (χ2v) is 5.19. The molecule has 0 unspecified atom stereocenters. The van der Waals surface area contributed by atoms with Crippen LogP contribution < -0.4 is 4.74 Å². The van der Waals surface area contributed by atoms with Crippen molar-refractivity contribution >= 4 is 34.8 Å². The highest BCUT2D eigenvalue weighted by Gasteiger charge is 2.21. The Morgan fingerprint density at radius 1 is 1.00 bits per heavy atom. The third-order valence-corrected chi connectivity index (χ3v) is 3.83. The fourth-order valence-corrected chi connectivity index (χ4v) is 2.54. The molecule has 0 aliphatic carbocycles. The summed E-state index contributed by atoms with van der Waals surface area (Å²) in [6.45, 7) is 0. The van der Waals surface area contributed by atoms with Crippen LogP contribution in [0, 0.1) is 0 Å². The van der Waals surface area contributed by atoms with Crippen LogP contribution in [0.15, 0.2) is 30.3 Å². The minimum Gasteiger partial charge on any atom is -0.496 e. The smallest absolute Gasteiger partial charge is 0.264 e. The van der Waals surface area contributed by atoms with Gasteiger partial charge in [0.15, 0.2) is 0 Å². The standard InChI is InChI=1S/C14H9Cl3F2O/c1-20-12-4-2-3-7(14(18)19)13(12)8-5-10(16)11(17)6-9(8)15/h2-6,14H,1H3. The molecular weight excluding hydrogens is 329 g/mol. The molecule has 0 bridgehead atoms. The molecule has 2 aromatic carbocycles. The highest BCUT2D eigenvalue weighted by Crippen LogP contribution is 2.43. The van der Waals surface area contributed by atoms with Crippen molar-refractivity contribution in [3.63, 3.8) is 0 Å². The summed E-state index contributed by atoms with van der Waals surface area (Å²) < 4.78 is 31.5.